The number of likely N-dealkylation sites (tertiary alicyclic amines) is 1. The minimum atomic E-state index is -1.62. The second-order valence-corrected chi connectivity index (χ2v) is 19.7. The number of hydrogen-bond donors (Lipinski definition) is 6. The SMILES string of the molecule is COC(=O)/C=C/CC[C@H](NC(=O)c1ccc([N+](=O)[O-])cc1C(=O)O)C(=O)N[C@H](C(=O)N1C[C@H]2[C@@H]([C@H]1C(=O)N[C@H](C(=O)N[C@H](C(N)=O)C1CCCCC1)C1CCCCC1)C2(C)C)C(C)(C)C. The summed E-state index contributed by atoms with van der Waals surface area (Å²) in [4.78, 5) is 120. The highest BCUT2D eigenvalue weighted by atomic mass is 16.6. The topological polar surface area (TPSA) is 287 Å². The zero-order valence-electron chi connectivity index (χ0n) is 38.2. The maximum Gasteiger partial charge on any atom is 0.336 e. The normalized spacial score (nSPS) is 22.6. The lowest BCUT2D eigenvalue weighted by Gasteiger charge is -2.39. The van der Waals surface area contributed by atoms with Crippen molar-refractivity contribution in [1.82, 2.24) is 26.2 Å². The third kappa shape index (κ3) is 11.9. The van der Waals surface area contributed by atoms with Crippen LogP contribution in [0.5, 0.6) is 0 Å². The fourth-order valence-electron chi connectivity index (χ4n) is 10.1. The number of allylic oxidation sites excluding steroid dienone is 1. The largest absolute Gasteiger partial charge is 0.478 e. The van der Waals surface area contributed by atoms with Crippen LogP contribution in [-0.4, -0.2) is 106 Å². The van der Waals surface area contributed by atoms with E-state index < -0.39 is 105 Å². The van der Waals surface area contributed by atoms with Crippen molar-refractivity contribution in [2.24, 2.45) is 40.2 Å². The molecule has 1 aliphatic heterocycles. The summed E-state index contributed by atoms with van der Waals surface area (Å²) < 4.78 is 4.63. The van der Waals surface area contributed by atoms with Crippen molar-refractivity contribution >= 4 is 53.1 Å². The number of aromatic carboxylic acids is 1. The number of nitro benzene ring substituents is 1. The Kier molecular flexibility index (Phi) is 16.2. The lowest BCUT2D eigenvalue weighted by molar-refractivity contribution is -0.384. The van der Waals surface area contributed by atoms with Gasteiger partial charge in [0, 0.05) is 24.8 Å². The van der Waals surface area contributed by atoms with E-state index in [1.165, 1.54) is 18.1 Å². The molecule has 3 saturated carbocycles. The van der Waals surface area contributed by atoms with Crippen molar-refractivity contribution < 1.29 is 53.1 Å². The summed E-state index contributed by atoms with van der Waals surface area (Å²) in [7, 11) is 1.18. The number of ether oxygens (including phenoxy) is 1. The van der Waals surface area contributed by atoms with Crippen LogP contribution in [-0.2, 0) is 33.5 Å². The Morgan fingerprint density at radius 2 is 1.49 bits per heavy atom. The number of hydrogen-bond acceptors (Lipinski definition) is 11. The second kappa shape index (κ2) is 21.0. The van der Waals surface area contributed by atoms with Gasteiger partial charge < -0.3 is 41.7 Å². The van der Waals surface area contributed by atoms with Crippen molar-refractivity contribution in [2.75, 3.05) is 13.7 Å². The molecule has 19 heteroatoms. The van der Waals surface area contributed by atoms with Crippen molar-refractivity contribution in [3.05, 3.63) is 51.6 Å². The molecule has 0 bridgehead atoms. The summed E-state index contributed by atoms with van der Waals surface area (Å²) in [6.45, 7) is 9.39. The van der Waals surface area contributed by atoms with Crippen LogP contribution in [0.15, 0.2) is 30.4 Å². The predicted octanol–water partition coefficient (Wildman–Crippen LogP) is 3.53. The van der Waals surface area contributed by atoms with E-state index in [0.29, 0.717) is 12.8 Å². The van der Waals surface area contributed by atoms with E-state index in [1.54, 1.807) is 20.8 Å². The Morgan fingerprint density at radius 3 is 2.03 bits per heavy atom. The van der Waals surface area contributed by atoms with E-state index in [0.717, 1.165) is 75.6 Å². The molecule has 356 valence electrons. The van der Waals surface area contributed by atoms with Crippen molar-refractivity contribution in [2.45, 2.75) is 142 Å². The quantitative estimate of drug-likeness (QED) is 0.0534. The molecule has 0 aromatic heterocycles. The van der Waals surface area contributed by atoms with Crippen molar-refractivity contribution in [3.63, 3.8) is 0 Å². The molecule has 1 aromatic carbocycles. The van der Waals surface area contributed by atoms with E-state index >= 15 is 0 Å². The first-order valence-corrected chi connectivity index (χ1v) is 22.7. The molecule has 3 aliphatic carbocycles. The zero-order chi connectivity index (χ0) is 48.0. The first-order valence-electron chi connectivity index (χ1n) is 22.7. The van der Waals surface area contributed by atoms with Gasteiger partial charge in [0.15, 0.2) is 0 Å². The third-order valence-corrected chi connectivity index (χ3v) is 14.0. The summed E-state index contributed by atoms with van der Waals surface area (Å²) in [5.41, 5.74) is 2.85. The number of methoxy groups -OCH3 is 1. The van der Waals surface area contributed by atoms with Crippen molar-refractivity contribution in [3.8, 4) is 0 Å². The van der Waals surface area contributed by atoms with E-state index in [9.17, 15) is 53.6 Å². The molecule has 7 N–H and O–H groups in total. The first-order chi connectivity index (χ1) is 30.6. The van der Waals surface area contributed by atoms with Gasteiger partial charge in [-0.15, -0.1) is 0 Å². The van der Waals surface area contributed by atoms with Gasteiger partial charge in [-0.2, -0.15) is 0 Å². The first kappa shape index (κ1) is 50.1. The van der Waals surface area contributed by atoms with Crippen LogP contribution in [0.25, 0.3) is 0 Å². The molecule has 1 saturated heterocycles. The molecule has 0 spiro atoms. The molecule has 1 heterocycles. The number of piperidine rings is 1. The number of primary amides is 1. The summed E-state index contributed by atoms with van der Waals surface area (Å²) in [5, 5.41) is 32.4. The monoisotopic (exact) mass is 907 g/mol. The van der Waals surface area contributed by atoms with Gasteiger partial charge >= 0.3 is 11.9 Å². The number of carbonyl (C=O) groups is 8. The van der Waals surface area contributed by atoms with Crippen LogP contribution < -0.4 is 27.0 Å². The highest BCUT2D eigenvalue weighted by Gasteiger charge is 2.70. The molecule has 65 heavy (non-hydrogen) atoms. The van der Waals surface area contributed by atoms with Crippen LogP contribution >= 0.6 is 0 Å². The summed E-state index contributed by atoms with van der Waals surface area (Å²) in [5.74, 6) is -7.02. The zero-order valence-corrected chi connectivity index (χ0v) is 38.2. The molecule has 7 atom stereocenters. The average Bonchev–Trinajstić information content (AvgIpc) is 3.55. The molecule has 6 amide bonds. The number of benzene rings is 1. The van der Waals surface area contributed by atoms with Crippen LogP contribution in [0.4, 0.5) is 5.69 Å². The van der Waals surface area contributed by atoms with E-state index in [1.807, 2.05) is 13.8 Å². The van der Waals surface area contributed by atoms with Crippen LogP contribution in [0.2, 0.25) is 0 Å². The van der Waals surface area contributed by atoms with Crippen LogP contribution in [0.3, 0.4) is 0 Å². The lowest BCUT2D eigenvalue weighted by atomic mass is 9.81. The minimum Gasteiger partial charge on any atom is -0.478 e. The fraction of sp³-hybridized carbons (Fsp3) is 0.652. The number of amides is 6. The number of nitrogens with zero attached hydrogens (tertiary/aromatic N) is 2. The highest BCUT2D eigenvalue weighted by Crippen LogP contribution is 2.65. The van der Waals surface area contributed by atoms with E-state index in [4.69, 9.17) is 5.73 Å². The molecular formula is C46H65N7O12. The lowest BCUT2D eigenvalue weighted by Crippen LogP contribution is -2.63. The van der Waals surface area contributed by atoms with Crippen molar-refractivity contribution in [1.29, 1.82) is 0 Å². The van der Waals surface area contributed by atoms with Gasteiger partial charge in [0.2, 0.25) is 29.5 Å². The van der Waals surface area contributed by atoms with Gasteiger partial charge in [-0.3, -0.25) is 38.9 Å². The fourth-order valence-corrected chi connectivity index (χ4v) is 10.1. The summed E-state index contributed by atoms with van der Waals surface area (Å²) in [6.07, 6.45) is 10.9. The van der Waals surface area contributed by atoms with Gasteiger partial charge in [0.25, 0.3) is 11.6 Å². The van der Waals surface area contributed by atoms with Gasteiger partial charge in [-0.05, 0) is 79.1 Å². The number of nitrogens with one attached hydrogen (secondary N) is 4. The Labute approximate surface area is 378 Å². The number of carbonyl (C=O) groups excluding carboxylic acids is 7. The number of carboxylic acids is 1. The number of nitrogens with two attached hydrogens (primary N) is 1. The van der Waals surface area contributed by atoms with Gasteiger partial charge in [-0.1, -0.05) is 79.2 Å². The molecular weight excluding hydrogens is 843 g/mol. The van der Waals surface area contributed by atoms with Gasteiger partial charge in [-0.25, -0.2) is 9.59 Å². The van der Waals surface area contributed by atoms with E-state index in [-0.39, 0.29) is 48.5 Å². The number of nitro groups is 1. The predicted molar refractivity (Wildman–Crippen MR) is 236 cm³/mol. The maximum absolute atomic E-state index is 14.9. The maximum atomic E-state index is 14.9. The molecule has 4 aliphatic rings. The van der Waals surface area contributed by atoms with Gasteiger partial charge in [0.1, 0.15) is 30.2 Å². The standard InChI is InChI=1S/C46H65N7O12/c1-45(2,3)37(51-40(57)31(19-13-14-20-32(54)65-6)48-39(56)28-22-21-27(53(63)64)23-29(28)44(61)62)43(60)52-24-30-33(46(30,4)5)36(52)42(59)50-35(26-17-11-8-12-18-26)41(58)49-34(38(47)55)25-15-9-7-10-16-25/h14,20-23,25-26,30-31,33-37H,7-13,15-19,24H2,1-6H3,(H2,47,55)(H,48,56)(H,49,58)(H,50,59)(H,51,57)(H,61,62)/b20-14+/t30-,31-,33-,34-,35-,36-,37+/m0/s1. The Balaban J connectivity index is 1.41. The average molecular weight is 908 g/mol. The summed E-state index contributed by atoms with van der Waals surface area (Å²) >= 11 is 0. The smallest absolute Gasteiger partial charge is 0.336 e. The summed E-state index contributed by atoms with van der Waals surface area (Å²) in [6, 6.07) is -2.92. The van der Waals surface area contributed by atoms with E-state index in [2.05, 4.69) is 26.0 Å². The molecule has 4 fully saturated rings. The molecule has 0 radical (unpaired) electrons. The molecule has 0 unspecified atom stereocenters. The Bertz CT molecular complexity index is 2050. The third-order valence-electron chi connectivity index (χ3n) is 14.0. The number of fused-ring (bicyclic) bond motifs is 1. The highest BCUT2D eigenvalue weighted by molar-refractivity contribution is 6.06. The van der Waals surface area contributed by atoms with Gasteiger partial charge in [0.05, 0.1) is 23.2 Å². The Morgan fingerprint density at radius 1 is 0.892 bits per heavy atom. The van der Waals surface area contributed by atoms with Crippen LogP contribution in [0, 0.1) is 44.6 Å². The molecule has 19 nitrogen and oxygen atoms in total. The second-order valence-electron chi connectivity index (χ2n) is 19.7. The number of non-ortho nitro benzene ring substituents is 1. The van der Waals surface area contributed by atoms with Crippen LogP contribution in [0.1, 0.15) is 132 Å². The molecule has 1 aromatic rings. The minimum absolute atomic E-state index is 0.0387. The molecule has 5 rings (SSSR count). The Hall–Kier alpha value is -5.88. The number of carboxylic acid groups (broad SMARTS) is 1. The number of rotatable bonds is 18. The number of esters is 1.